The number of aromatic amines is 1. The molecule has 0 saturated carbocycles. The van der Waals surface area contributed by atoms with Crippen LogP contribution in [0, 0.1) is 0 Å². The van der Waals surface area contributed by atoms with Crippen molar-refractivity contribution in [3.63, 3.8) is 0 Å². The largest absolute Gasteiger partial charge is 0.460 e. The second kappa shape index (κ2) is 8.54. The van der Waals surface area contributed by atoms with Gasteiger partial charge in [-0.05, 0) is 31.3 Å². The van der Waals surface area contributed by atoms with Crippen molar-refractivity contribution in [1.29, 1.82) is 0 Å². The smallest absolute Gasteiger partial charge is 0.374 e. The van der Waals surface area contributed by atoms with Crippen molar-refractivity contribution in [3.8, 4) is 0 Å². The lowest BCUT2D eigenvalue weighted by atomic mass is 10.3. The van der Waals surface area contributed by atoms with Gasteiger partial charge < -0.3 is 20.4 Å². The van der Waals surface area contributed by atoms with Crippen LogP contribution in [0.2, 0.25) is 0 Å². The number of anilines is 1. The molecule has 6 nitrogen and oxygen atoms in total. The standard InChI is InChI=1S/C15H18N4O2S2/c1-2-21-14(20)13-16-8-11(19-13)12(22)9-17-15(23)18-10-6-4-3-5-7-10/h3-8,12,22H,2,9H2,1H3,(H,16,19)(H2,17,18,23). The van der Waals surface area contributed by atoms with Crippen LogP contribution in [-0.2, 0) is 4.74 Å². The number of H-pyrrole nitrogens is 1. The summed E-state index contributed by atoms with van der Waals surface area (Å²) in [5, 5.41) is 6.46. The van der Waals surface area contributed by atoms with Crippen LogP contribution in [-0.4, -0.2) is 34.2 Å². The third-order valence-corrected chi connectivity index (χ3v) is 3.62. The number of rotatable bonds is 6. The van der Waals surface area contributed by atoms with E-state index in [1.165, 1.54) is 0 Å². The predicted octanol–water partition coefficient (Wildman–Crippen LogP) is 2.54. The lowest BCUT2D eigenvalue weighted by molar-refractivity contribution is 0.0513. The lowest BCUT2D eigenvalue weighted by Gasteiger charge is -2.13. The van der Waals surface area contributed by atoms with Crippen molar-refractivity contribution in [1.82, 2.24) is 15.3 Å². The lowest BCUT2D eigenvalue weighted by Crippen LogP contribution is -2.31. The molecular weight excluding hydrogens is 332 g/mol. The summed E-state index contributed by atoms with van der Waals surface area (Å²) in [5.41, 5.74) is 1.62. The van der Waals surface area contributed by atoms with Gasteiger partial charge in [-0.3, -0.25) is 0 Å². The SMILES string of the molecule is CCOC(=O)c1ncc(C(S)CNC(=S)Nc2ccccc2)[nH]1. The summed E-state index contributed by atoms with van der Waals surface area (Å²) in [6.45, 7) is 2.53. The number of para-hydroxylation sites is 1. The molecule has 1 atom stereocenters. The predicted molar refractivity (Wildman–Crippen MR) is 96.9 cm³/mol. The molecule has 2 rings (SSSR count). The van der Waals surface area contributed by atoms with Crippen LogP contribution in [0.15, 0.2) is 36.5 Å². The van der Waals surface area contributed by atoms with Gasteiger partial charge in [0, 0.05) is 17.9 Å². The molecule has 23 heavy (non-hydrogen) atoms. The van der Waals surface area contributed by atoms with Crippen LogP contribution in [0.4, 0.5) is 5.69 Å². The molecule has 122 valence electrons. The fraction of sp³-hybridized carbons (Fsp3) is 0.267. The van der Waals surface area contributed by atoms with Crippen molar-refractivity contribution >= 4 is 41.6 Å². The average Bonchev–Trinajstić information content (AvgIpc) is 3.04. The number of thiocarbonyl (C=S) groups is 1. The zero-order chi connectivity index (χ0) is 16.7. The Labute approximate surface area is 145 Å². The molecule has 0 aliphatic rings. The minimum atomic E-state index is -0.478. The summed E-state index contributed by atoms with van der Waals surface area (Å²) >= 11 is 9.71. The molecule has 1 unspecified atom stereocenters. The summed E-state index contributed by atoms with van der Waals surface area (Å²) < 4.78 is 4.88. The number of nitrogens with zero attached hydrogens (tertiary/aromatic N) is 1. The van der Waals surface area contributed by atoms with Gasteiger partial charge in [0.25, 0.3) is 0 Å². The third kappa shape index (κ3) is 5.26. The van der Waals surface area contributed by atoms with Gasteiger partial charge in [-0.15, -0.1) is 0 Å². The number of carbonyl (C=O) groups excluding carboxylic acids is 1. The molecule has 8 heteroatoms. The first-order valence-corrected chi connectivity index (χ1v) is 8.02. The number of nitrogens with one attached hydrogen (secondary N) is 3. The van der Waals surface area contributed by atoms with E-state index in [2.05, 4.69) is 33.2 Å². The average molecular weight is 350 g/mol. The molecule has 3 N–H and O–H groups in total. The Morgan fingerprint density at radius 2 is 2.17 bits per heavy atom. The number of aromatic nitrogens is 2. The van der Waals surface area contributed by atoms with Crippen LogP contribution in [0.1, 0.15) is 28.5 Å². The Morgan fingerprint density at radius 1 is 1.43 bits per heavy atom. The number of thiol groups is 1. The molecule has 0 saturated heterocycles. The van der Waals surface area contributed by atoms with Crippen molar-refractivity contribution in [3.05, 3.63) is 48.0 Å². The molecule has 2 aromatic rings. The number of esters is 1. The van der Waals surface area contributed by atoms with Crippen LogP contribution in [0.5, 0.6) is 0 Å². The second-order valence-corrected chi connectivity index (χ2v) is 5.66. The number of benzene rings is 1. The van der Waals surface area contributed by atoms with Gasteiger partial charge in [-0.25, -0.2) is 9.78 Å². The Balaban J connectivity index is 1.83. The van der Waals surface area contributed by atoms with Gasteiger partial charge in [-0.2, -0.15) is 12.6 Å². The molecule has 0 aliphatic carbocycles. The quantitative estimate of drug-likeness (QED) is 0.364. The van der Waals surface area contributed by atoms with Crippen LogP contribution in [0.3, 0.4) is 0 Å². The van der Waals surface area contributed by atoms with Crippen LogP contribution >= 0.6 is 24.8 Å². The van der Waals surface area contributed by atoms with Crippen LogP contribution in [0.25, 0.3) is 0 Å². The molecule has 0 radical (unpaired) electrons. The summed E-state index contributed by atoms with van der Waals surface area (Å²) in [7, 11) is 0. The first kappa shape index (κ1) is 17.3. The molecular formula is C15H18N4O2S2. The van der Waals surface area contributed by atoms with E-state index in [1.807, 2.05) is 30.3 Å². The highest BCUT2D eigenvalue weighted by atomic mass is 32.1. The first-order chi connectivity index (χ1) is 11.1. The van der Waals surface area contributed by atoms with Crippen LogP contribution < -0.4 is 10.6 Å². The topological polar surface area (TPSA) is 79.0 Å². The van der Waals surface area contributed by atoms with E-state index in [0.29, 0.717) is 24.0 Å². The minimum absolute atomic E-state index is 0.172. The fourth-order valence-electron chi connectivity index (χ4n) is 1.80. The second-order valence-electron chi connectivity index (χ2n) is 4.62. The van der Waals surface area contributed by atoms with E-state index in [9.17, 15) is 4.79 Å². The Kier molecular flexibility index (Phi) is 6.42. The van der Waals surface area contributed by atoms with Crippen molar-refractivity contribution < 1.29 is 9.53 Å². The monoisotopic (exact) mass is 350 g/mol. The maximum atomic E-state index is 11.6. The summed E-state index contributed by atoms with van der Waals surface area (Å²) in [6, 6.07) is 9.63. The molecule has 0 spiro atoms. The summed E-state index contributed by atoms with van der Waals surface area (Å²) in [5.74, 6) is -0.306. The van der Waals surface area contributed by atoms with Crippen molar-refractivity contribution in [2.75, 3.05) is 18.5 Å². The normalized spacial score (nSPS) is 11.6. The van der Waals surface area contributed by atoms with Crippen molar-refractivity contribution in [2.45, 2.75) is 12.2 Å². The Bertz CT molecular complexity index is 661. The minimum Gasteiger partial charge on any atom is -0.460 e. The zero-order valence-corrected chi connectivity index (χ0v) is 14.3. The first-order valence-electron chi connectivity index (χ1n) is 7.10. The molecule has 0 amide bonds. The number of hydrogen-bond acceptors (Lipinski definition) is 5. The van der Waals surface area contributed by atoms with E-state index < -0.39 is 5.97 Å². The number of ether oxygens (including phenoxy) is 1. The van der Waals surface area contributed by atoms with Gasteiger partial charge in [-0.1, -0.05) is 18.2 Å². The van der Waals surface area contributed by atoms with E-state index in [-0.39, 0.29) is 11.1 Å². The molecule has 1 aromatic carbocycles. The Morgan fingerprint density at radius 3 is 2.87 bits per heavy atom. The highest BCUT2D eigenvalue weighted by Crippen LogP contribution is 2.17. The number of hydrogen-bond donors (Lipinski definition) is 4. The third-order valence-electron chi connectivity index (χ3n) is 2.91. The summed E-state index contributed by atoms with van der Waals surface area (Å²) in [6.07, 6.45) is 1.57. The molecule has 0 fully saturated rings. The van der Waals surface area contributed by atoms with E-state index in [1.54, 1.807) is 13.1 Å². The molecule has 1 heterocycles. The van der Waals surface area contributed by atoms with Gasteiger partial charge in [0.2, 0.25) is 5.82 Å². The molecule has 1 aromatic heterocycles. The zero-order valence-electron chi connectivity index (χ0n) is 12.6. The van der Waals surface area contributed by atoms with Crippen molar-refractivity contribution in [2.24, 2.45) is 0 Å². The number of carbonyl (C=O) groups is 1. The van der Waals surface area contributed by atoms with E-state index in [0.717, 1.165) is 5.69 Å². The summed E-state index contributed by atoms with van der Waals surface area (Å²) in [4.78, 5) is 18.5. The van der Waals surface area contributed by atoms with Gasteiger partial charge >= 0.3 is 5.97 Å². The molecule has 0 aliphatic heterocycles. The number of imidazole rings is 1. The highest BCUT2D eigenvalue weighted by molar-refractivity contribution is 7.80. The van der Waals surface area contributed by atoms with E-state index >= 15 is 0 Å². The fourth-order valence-corrected chi connectivity index (χ4v) is 2.23. The van der Waals surface area contributed by atoms with Gasteiger partial charge in [0.05, 0.1) is 18.1 Å². The maximum absolute atomic E-state index is 11.6. The van der Waals surface area contributed by atoms with E-state index in [4.69, 9.17) is 17.0 Å². The maximum Gasteiger partial charge on any atom is 0.374 e. The highest BCUT2D eigenvalue weighted by Gasteiger charge is 2.15. The van der Waals surface area contributed by atoms with Gasteiger partial charge in [0.15, 0.2) is 5.11 Å². The Hall–Kier alpha value is -2.06. The van der Waals surface area contributed by atoms with Gasteiger partial charge in [0.1, 0.15) is 0 Å². The molecule has 0 bridgehead atoms.